The van der Waals surface area contributed by atoms with E-state index < -0.39 is 0 Å². The molecule has 0 amide bonds. The van der Waals surface area contributed by atoms with E-state index in [0.717, 1.165) is 71.8 Å². The number of aromatic nitrogens is 1. The summed E-state index contributed by atoms with van der Waals surface area (Å²) in [7, 11) is 0. The second-order valence-electron chi connectivity index (χ2n) is 25.9. The lowest BCUT2D eigenvalue weighted by molar-refractivity contribution is 0.590. The van der Waals surface area contributed by atoms with E-state index in [2.05, 4.69) is 284 Å². The largest absolute Gasteiger partial charge is 0.455 e. The van der Waals surface area contributed by atoms with E-state index in [0.29, 0.717) is 0 Å². The molecule has 0 unspecified atom stereocenters. The number of fused-ring (bicyclic) bond motifs is 13. The average molecular weight is 1090 g/mol. The number of hydrogen-bond acceptors (Lipinski definition) is 4. The first-order valence-corrected chi connectivity index (χ1v) is 29.7. The fourth-order valence-corrected chi connectivity index (χ4v) is 14.5. The maximum Gasteiger partial charge on any atom is 0.252 e. The molecule has 0 fully saturated rings. The number of furan rings is 2. The maximum atomic E-state index is 6.68. The monoisotopic (exact) mass is 1090 g/mol. The number of aryl methyl sites for hydroxylation is 4. The Bertz CT molecular complexity index is 5070. The normalized spacial score (nSPS) is 13.3. The molecule has 2 aliphatic heterocycles. The first-order chi connectivity index (χ1) is 40.6. The topological polar surface area (TPSA) is 37.7 Å². The number of benzene rings is 11. The van der Waals surface area contributed by atoms with E-state index in [4.69, 9.17) is 8.83 Å². The van der Waals surface area contributed by atoms with Crippen LogP contribution in [0, 0.1) is 27.7 Å². The van der Waals surface area contributed by atoms with Gasteiger partial charge in [0.2, 0.25) is 0 Å². The van der Waals surface area contributed by atoms with E-state index in [9.17, 15) is 0 Å². The molecule has 0 saturated heterocycles. The third-order valence-corrected chi connectivity index (χ3v) is 18.5. The van der Waals surface area contributed by atoms with Crippen molar-refractivity contribution in [3.05, 3.63) is 240 Å². The Morgan fingerprint density at radius 1 is 0.357 bits per heavy atom. The molecule has 0 radical (unpaired) electrons. The van der Waals surface area contributed by atoms with Gasteiger partial charge in [0.1, 0.15) is 22.3 Å². The van der Waals surface area contributed by atoms with Gasteiger partial charge in [-0.25, -0.2) is 0 Å². The zero-order valence-corrected chi connectivity index (χ0v) is 49.4. The molecule has 5 heterocycles. The van der Waals surface area contributed by atoms with E-state index in [-0.39, 0.29) is 17.5 Å². The summed E-state index contributed by atoms with van der Waals surface area (Å²) in [5, 5.41) is 7.01. The molecule has 0 N–H and O–H groups in total. The Labute approximate surface area is 491 Å². The number of rotatable bonds is 5. The van der Waals surface area contributed by atoms with Crippen LogP contribution in [-0.2, 0) is 10.8 Å². The minimum atomic E-state index is -0.206. The quantitative estimate of drug-likeness (QED) is 0.161. The van der Waals surface area contributed by atoms with Gasteiger partial charge < -0.3 is 23.2 Å². The second kappa shape index (κ2) is 18.0. The third-order valence-electron chi connectivity index (χ3n) is 18.5. The van der Waals surface area contributed by atoms with Crippen LogP contribution < -0.4 is 26.2 Å². The molecule has 0 aliphatic carbocycles. The highest BCUT2D eigenvalue weighted by atomic mass is 16.3. The van der Waals surface area contributed by atoms with Crippen LogP contribution in [0.1, 0.15) is 74.9 Å². The smallest absolute Gasteiger partial charge is 0.252 e. The highest BCUT2D eigenvalue weighted by molar-refractivity contribution is 7.00. The molecule has 84 heavy (non-hydrogen) atoms. The number of nitrogens with zero attached hydrogens (tertiary/aromatic N) is 3. The van der Waals surface area contributed by atoms with Crippen LogP contribution in [-0.4, -0.2) is 11.3 Å². The Morgan fingerprint density at radius 2 is 0.893 bits per heavy atom. The molecular weight excluding hydrogens is 1020 g/mol. The second-order valence-corrected chi connectivity index (χ2v) is 25.9. The van der Waals surface area contributed by atoms with Gasteiger partial charge in [-0.1, -0.05) is 181 Å². The van der Waals surface area contributed by atoms with Crippen LogP contribution in [0.2, 0.25) is 0 Å². The summed E-state index contributed by atoms with van der Waals surface area (Å²) >= 11 is 0. The van der Waals surface area contributed by atoms with Crippen molar-refractivity contribution >= 4 is 123 Å². The Hall–Kier alpha value is -9.52. The molecule has 14 aromatic rings. The van der Waals surface area contributed by atoms with Gasteiger partial charge in [0.25, 0.3) is 6.71 Å². The van der Waals surface area contributed by atoms with Crippen LogP contribution in [0.25, 0.3) is 93.6 Å². The predicted octanol–water partition coefficient (Wildman–Crippen LogP) is 19.8. The zero-order valence-electron chi connectivity index (χ0n) is 49.4. The standard InChI is InChI=1S/C78H64BN3O2/c1-45-20-17-21-46(2)73(45)81-64-29-14-11-22-56(64)61-43-63-67(44-66(61)81)80(53-35-32-49(33-36-53)54-25-18-27-59-57-23-12-15-30-70(57)83-75(54)59)68-41-52(78(8,9)10)42-69-72(68)79(63)62-40-51(77(5,6)7)34-37-65(62)82(69)74-47(3)38-50(39-48(74)4)55-26-19-28-60-58-24-13-16-31-71(58)84-76(55)60/h11-44H,1-10H3. The van der Waals surface area contributed by atoms with Crippen LogP contribution >= 0.6 is 0 Å². The Balaban J connectivity index is 0.986. The number of para-hydroxylation sites is 6. The summed E-state index contributed by atoms with van der Waals surface area (Å²) in [6.45, 7) is 23.1. The fourth-order valence-electron chi connectivity index (χ4n) is 14.5. The van der Waals surface area contributed by atoms with Gasteiger partial charge in [-0.05, 0) is 166 Å². The molecule has 0 spiro atoms. The van der Waals surface area contributed by atoms with Gasteiger partial charge in [0, 0.05) is 71.9 Å². The lowest BCUT2D eigenvalue weighted by Gasteiger charge is -2.46. The van der Waals surface area contributed by atoms with Crippen LogP contribution in [0.15, 0.2) is 215 Å². The lowest BCUT2D eigenvalue weighted by Crippen LogP contribution is -2.61. The van der Waals surface area contributed by atoms with Crippen LogP contribution in [0.3, 0.4) is 0 Å². The SMILES string of the molecule is Cc1cc(-c2cccc3c2oc2ccccc23)cc(C)c1N1c2ccc(C(C)(C)C)cc2B2c3cc4c5ccccc5n(-c5c(C)cccc5C)c4cc3N(c3ccc(-c4cccc5c4oc4ccccc45)cc3)c3cc(C(C)(C)C)cc1c32. The van der Waals surface area contributed by atoms with Gasteiger partial charge in [-0.15, -0.1) is 0 Å². The minimum absolute atomic E-state index is 0.105. The highest BCUT2D eigenvalue weighted by Crippen LogP contribution is 2.51. The van der Waals surface area contributed by atoms with Crippen LogP contribution in [0.4, 0.5) is 34.1 Å². The molecule has 2 aliphatic rings. The minimum Gasteiger partial charge on any atom is -0.455 e. The van der Waals surface area contributed by atoms with Crippen molar-refractivity contribution in [2.45, 2.75) is 80.1 Å². The molecule has 16 rings (SSSR count). The van der Waals surface area contributed by atoms with Gasteiger partial charge in [0.05, 0.1) is 22.4 Å². The summed E-state index contributed by atoms with van der Waals surface area (Å²) in [6.07, 6.45) is 0. The summed E-state index contributed by atoms with van der Waals surface area (Å²) < 4.78 is 15.9. The van der Waals surface area contributed by atoms with E-state index in [1.807, 2.05) is 6.07 Å². The zero-order chi connectivity index (χ0) is 57.2. The maximum absolute atomic E-state index is 6.68. The highest BCUT2D eigenvalue weighted by Gasteiger charge is 2.45. The molecule has 0 saturated carbocycles. The van der Waals surface area contributed by atoms with Gasteiger partial charge in [-0.3, -0.25) is 0 Å². The molecule has 3 aromatic heterocycles. The van der Waals surface area contributed by atoms with Gasteiger partial charge in [0.15, 0.2) is 0 Å². The van der Waals surface area contributed by atoms with Gasteiger partial charge >= 0.3 is 0 Å². The van der Waals surface area contributed by atoms with Crippen molar-refractivity contribution in [3.8, 4) is 27.9 Å². The van der Waals surface area contributed by atoms with E-state index >= 15 is 0 Å². The fraction of sp³-hybridized carbons (Fsp3) is 0.154. The first kappa shape index (κ1) is 50.2. The van der Waals surface area contributed by atoms with Crippen LogP contribution in [0.5, 0.6) is 0 Å². The van der Waals surface area contributed by atoms with Crippen molar-refractivity contribution in [2.75, 3.05) is 9.80 Å². The Morgan fingerprint density at radius 3 is 1.51 bits per heavy atom. The molecule has 5 nitrogen and oxygen atoms in total. The summed E-state index contributed by atoms with van der Waals surface area (Å²) in [5.74, 6) is 0. The summed E-state index contributed by atoms with van der Waals surface area (Å²) in [5.41, 5.74) is 29.8. The third kappa shape index (κ3) is 7.35. The van der Waals surface area contributed by atoms with Crippen molar-refractivity contribution in [1.29, 1.82) is 0 Å². The summed E-state index contributed by atoms with van der Waals surface area (Å²) in [6, 6.07) is 77.1. The first-order valence-electron chi connectivity index (χ1n) is 29.7. The Kier molecular flexibility index (Phi) is 10.8. The van der Waals surface area contributed by atoms with E-state index in [1.165, 1.54) is 106 Å². The van der Waals surface area contributed by atoms with Crippen molar-refractivity contribution in [3.63, 3.8) is 0 Å². The molecule has 406 valence electrons. The number of anilines is 6. The molecule has 0 bridgehead atoms. The molecule has 6 heteroatoms. The van der Waals surface area contributed by atoms with Crippen molar-refractivity contribution in [1.82, 2.24) is 4.57 Å². The van der Waals surface area contributed by atoms with Crippen molar-refractivity contribution < 1.29 is 8.83 Å². The molecule has 0 atom stereocenters. The van der Waals surface area contributed by atoms with Crippen molar-refractivity contribution in [2.24, 2.45) is 0 Å². The molecule has 11 aromatic carbocycles. The summed E-state index contributed by atoms with van der Waals surface area (Å²) in [4.78, 5) is 5.24. The lowest BCUT2D eigenvalue weighted by atomic mass is 9.33. The predicted molar refractivity (Wildman–Crippen MR) is 357 cm³/mol. The van der Waals surface area contributed by atoms with Gasteiger partial charge in [-0.2, -0.15) is 0 Å². The average Bonchev–Trinajstić information content (AvgIpc) is 0.930. The molecular formula is C78H64BN3O2. The number of hydrogen-bond donors (Lipinski definition) is 0. The van der Waals surface area contributed by atoms with E-state index in [1.54, 1.807) is 0 Å².